The number of carbonyl (C=O) groups excluding carboxylic acids is 2. The molecule has 1 atom stereocenters. The van der Waals surface area contributed by atoms with Crippen LogP contribution in [0.2, 0.25) is 0 Å². The van der Waals surface area contributed by atoms with Crippen molar-refractivity contribution in [2.45, 2.75) is 26.0 Å². The molecule has 0 fully saturated rings. The lowest BCUT2D eigenvalue weighted by atomic mass is 10.1. The number of anilines is 1. The second kappa shape index (κ2) is 10.3. The van der Waals surface area contributed by atoms with Crippen LogP contribution >= 0.6 is 0 Å². The summed E-state index contributed by atoms with van der Waals surface area (Å²) in [5.41, 5.74) is 3.07. The van der Waals surface area contributed by atoms with E-state index >= 15 is 0 Å². The third-order valence-electron chi connectivity index (χ3n) is 5.80. The average Bonchev–Trinajstić information content (AvgIpc) is 2.98. The Morgan fingerprint density at radius 2 is 1.79 bits per heavy atom. The lowest BCUT2D eigenvalue weighted by Gasteiger charge is -2.22. The van der Waals surface area contributed by atoms with Crippen molar-refractivity contribution in [2.24, 2.45) is 0 Å². The number of hydrogen-bond donors (Lipinski definition) is 1. The van der Waals surface area contributed by atoms with Gasteiger partial charge in [0.1, 0.15) is 5.75 Å². The van der Waals surface area contributed by atoms with Gasteiger partial charge in [0.25, 0.3) is 11.8 Å². The Bertz CT molecular complexity index is 1180. The standard InChI is InChI=1S/C27H28N2O5/c1-18-27(31)29(14-13-19-7-5-4-6-8-19)17-21-15-22(10-12-23(21)34-18)28-26(30)20-9-11-24(32-2)25(16-20)33-3/h4-12,15-16,18H,13-14,17H2,1-3H3,(H,28,30). The number of methoxy groups -OCH3 is 2. The van der Waals surface area contributed by atoms with Crippen LogP contribution in [0.15, 0.2) is 66.7 Å². The van der Waals surface area contributed by atoms with Crippen LogP contribution in [0.3, 0.4) is 0 Å². The van der Waals surface area contributed by atoms with Crippen LogP contribution in [0.1, 0.15) is 28.4 Å². The molecule has 1 N–H and O–H groups in total. The smallest absolute Gasteiger partial charge is 0.263 e. The van der Waals surface area contributed by atoms with Crippen LogP contribution in [0.25, 0.3) is 0 Å². The first-order valence-electron chi connectivity index (χ1n) is 11.1. The monoisotopic (exact) mass is 460 g/mol. The Morgan fingerprint density at radius 1 is 1.03 bits per heavy atom. The Balaban J connectivity index is 1.51. The number of ether oxygens (including phenoxy) is 3. The largest absolute Gasteiger partial charge is 0.493 e. The first kappa shape index (κ1) is 23.2. The molecule has 0 aromatic heterocycles. The average molecular weight is 461 g/mol. The van der Waals surface area contributed by atoms with E-state index in [1.54, 1.807) is 44.4 Å². The van der Waals surface area contributed by atoms with Crippen molar-refractivity contribution in [2.75, 3.05) is 26.1 Å². The highest BCUT2D eigenvalue weighted by Crippen LogP contribution is 2.30. The minimum Gasteiger partial charge on any atom is -0.493 e. The molecule has 34 heavy (non-hydrogen) atoms. The molecule has 0 spiro atoms. The van der Waals surface area contributed by atoms with E-state index in [0.29, 0.717) is 41.6 Å². The number of rotatable bonds is 7. The predicted molar refractivity (Wildman–Crippen MR) is 130 cm³/mol. The minimum atomic E-state index is -0.579. The van der Waals surface area contributed by atoms with E-state index in [1.807, 2.05) is 29.2 Å². The molecular weight excluding hydrogens is 432 g/mol. The van der Waals surface area contributed by atoms with E-state index < -0.39 is 6.10 Å². The van der Waals surface area contributed by atoms with Crippen molar-refractivity contribution < 1.29 is 23.8 Å². The maximum atomic E-state index is 12.9. The van der Waals surface area contributed by atoms with E-state index in [2.05, 4.69) is 17.4 Å². The number of carbonyl (C=O) groups is 2. The van der Waals surface area contributed by atoms with E-state index in [1.165, 1.54) is 12.7 Å². The maximum Gasteiger partial charge on any atom is 0.263 e. The second-order valence-electron chi connectivity index (χ2n) is 8.10. The highest BCUT2D eigenvalue weighted by atomic mass is 16.5. The van der Waals surface area contributed by atoms with Crippen molar-refractivity contribution in [3.8, 4) is 17.2 Å². The predicted octanol–water partition coefficient (Wildman–Crippen LogP) is 4.31. The minimum absolute atomic E-state index is 0.0527. The van der Waals surface area contributed by atoms with E-state index in [4.69, 9.17) is 14.2 Å². The molecule has 2 amide bonds. The molecule has 3 aromatic rings. The van der Waals surface area contributed by atoms with Crippen molar-refractivity contribution in [1.29, 1.82) is 0 Å². The maximum absolute atomic E-state index is 12.9. The number of benzene rings is 3. The van der Waals surface area contributed by atoms with Gasteiger partial charge in [-0.15, -0.1) is 0 Å². The van der Waals surface area contributed by atoms with Gasteiger partial charge in [0, 0.05) is 29.9 Å². The number of nitrogens with zero attached hydrogens (tertiary/aromatic N) is 1. The summed E-state index contributed by atoms with van der Waals surface area (Å²) in [6.07, 6.45) is 0.175. The molecule has 0 saturated heterocycles. The lowest BCUT2D eigenvalue weighted by molar-refractivity contribution is -0.137. The van der Waals surface area contributed by atoms with Gasteiger partial charge >= 0.3 is 0 Å². The highest BCUT2D eigenvalue weighted by molar-refractivity contribution is 6.04. The molecule has 3 aromatic carbocycles. The molecule has 176 valence electrons. The molecule has 7 nitrogen and oxygen atoms in total. The second-order valence-corrected chi connectivity index (χ2v) is 8.10. The van der Waals surface area contributed by atoms with Gasteiger partial charge in [-0.05, 0) is 55.3 Å². The highest BCUT2D eigenvalue weighted by Gasteiger charge is 2.28. The molecule has 0 radical (unpaired) electrons. The molecule has 0 saturated carbocycles. The van der Waals surface area contributed by atoms with Gasteiger partial charge in [-0.25, -0.2) is 0 Å². The van der Waals surface area contributed by atoms with Gasteiger partial charge in [0.2, 0.25) is 0 Å². The van der Waals surface area contributed by atoms with Gasteiger partial charge < -0.3 is 24.4 Å². The van der Waals surface area contributed by atoms with Crippen molar-refractivity contribution in [3.05, 3.63) is 83.4 Å². The fourth-order valence-corrected chi connectivity index (χ4v) is 3.96. The molecule has 7 heteroatoms. The summed E-state index contributed by atoms with van der Waals surface area (Å²) in [5, 5.41) is 2.92. The van der Waals surface area contributed by atoms with E-state index in [0.717, 1.165) is 12.0 Å². The van der Waals surface area contributed by atoms with Crippen LogP contribution in [-0.2, 0) is 17.8 Å². The number of fused-ring (bicyclic) bond motifs is 1. The van der Waals surface area contributed by atoms with Crippen molar-refractivity contribution in [1.82, 2.24) is 4.90 Å². The summed E-state index contributed by atoms with van der Waals surface area (Å²) in [5.74, 6) is 1.35. The van der Waals surface area contributed by atoms with Gasteiger partial charge in [-0.1, -0.05) is 30.3 Å². The third-order valence-corrected chi connectivity index (χ3v) is 5.80. The molecule has 1 aliphatic rings. The number of nitrogens with one attached hydrogen (secondary N) is 1. The Kier molecular flexibility index (Phi) is 7.01. The zero-order valence-corrected chi connectivity index (χ0v) is 19.5. The van der Waals surface area contributed by atoms with Crippen LogP contribution in [0.4, 0.5) is 5.69 Å². The summed E-state index contributed by atoms with van der Waals surface area (Å²) in [4.78, 5) is 27.6. The van der Waals surface area contributed by atoms with Crippen LogP contribution in [-0.4, -0.2) is 43.6 Å². The normalized spacial score (nSPS) is 15.1. The quantitative estimate of drug-likeness (QED) is 0.569. The van der Waals surface area contributed by atoms with Crippen molar-refractivity contribution >= 4 is 17.5 Å². The van der Waals surface area contributed by atoms with Crippen molar-refractivity contribution in [3.63, 3.8) is 0 Å². The van der Waals surface area contributed by atoms with Gasteiger partial charge in [-0.3, -0.25) is 9.59 Å². The molecule has 1 aliphatic heterocycles. The summed E-state index contributed by atoms with van der Waals surface area (Å²) in [6.45, 7) is 2.75. The van der Waals surface area contributed by atoms with E-state index in [-0.39, 0.29) is 11.8 Å². The Morgan fingerprint density at radius 3 is 2.53 bits per heavy atom. The summed E-state index contributed by atoms with van der Waals surface area (Å²) in [7, 11) is 3.07. The molecule has 0 bridgehead atoms. The van der Waals surface area contributed by atoms with Crippen LogP contribution in [0.5, 0.6) is 17.2 Å². The zero-order valence-electron chi connectivity index (χ0n) is 19.5. The fraction of sp³-hybridized carbons (Fsp3) is 0.259. The third kappa shape index (κ3) is 5.14. The SMILES string of the molecule is COc1ccc(C(=O)Nc2ccc3c(c2)CN(CCc2ccccc2)C(=O)C(C)O3)cc1OC. The summed E-state index contributed by atoms with van der Waals surface area (Å²) < 4.78 is 16.4. The van der Waals surface area contributed by atoms with Crippen LogP contribution in [0, 0.1) is 0 Å². The van der Waals surface area contributed by atoms with Gasteiger partial charge in [-0.2, -0.15) is 0 Å². The summed E-state index contributed by atoms with van der Waals surface area (Å²) in [6, 6.07) is 20.5. The lowest BCUT2D eigenvalue weighted by Crippen LogP contribution is -2.39. The van der Waals surface area contributed by atoms with Gasteiger partial charge in [0.15, 0.2) is 17.6 Å². The number of amides is 2. The van der Waals surface area contributed by atoms with Gasteiger partial charge in [0.05, 0.1) is 14.2 Å². The first-order chi connectivity index (χ1) is 16.5. The molecule has 0 aliphatic carbocycles. The molecule has 1 heterocycles. The topological polar surface area (TPSA) is 77.1 Å². The summed E-state index contributed by atoms with van der Waals surface area (Å²) >= 11 is 0. The molecular formula is C27H28N2O5. The Hall–Kier alpha value is -4.00. The Labute approximate surface area is 199 Å². The van der Waals surface area contributed by atoms with Crippen LogP contribution < -0.4 is 19.5 Å². The number of hydrogen-bond acceptors (Lipinski definition) is 5. The first-order valence-corrected chi connectivity index (χ1v) is 11.1. The molecule has 4 rings (SSSR count). The van der Waals surface area contributed by atoms with E-state index in [9.17, 15) is 9.59 Å². The zero-order chi connectivity index (χ0) is 24.1. The fourth-order valence-electron chi connectivity index (χ4n) is 3.96. The molecule has 1 unspecified atom stereocenters.